The Hall–Kier alpha value is -5.88. The predicted molar refractivity (Wildman–Crippen MR) is 191 cm³/mol. The Kier molecular flexibility index (Phi) is 10.9. The standard InChI is InChI=1S/C37H38NO13P/c1-43-20-13-24(46-4)33(25(14-20)47-5)52(34-26(48-6)15-21(44-2)16-27(34)49-7,35-28(50-8)17-22(45-3)18-29(35)51-9)30-12-10-11-23-32(30)37(42)38(36(23)41)19-31(39)40/h10-18H,19H2,1-9H3. The van der Waals surface area contributed by atoms with E-state index in [0.29, 0.717) is 38.1 Å². The molecule has 2 amide bonds. The van der Waals surface area contributed by atoms with E-state index < -0.39 is 31.6 Å². The summed E-state index contributed by atoms with van der Waals surface area (Å²) >= 11 is 0. The van der Waals surface area contributed by atoms with Crippen LogP contribution < -0.4 is 69.0 Å². The van der Waals surface area contributed by atoms with Crippen molar-refractivity contribution in [3.05, 3.63) is 65.7 Å². The number of carboxylic acid groups (broad SMARTS) is 1. The molecule has 15 heteroatoms. The summed E-state index contributed by atoms with van der Waals surface area (Å²) in [6, 6.07) is 14.6. The third-order valence-corrected chi connectivity index (χ3v) is 13.1. The number of fused-ring (bicyclic) bond motifs is 1. The van der Waals surface area contributed by atoms with E-state index >= 15 is 0 Å². The molecule has 0 bridgehead atoms. The molecule has 0 spiro atoms. The van der Waals surface area contributed by atoms with E-state index in [1.165, 1.54) is 70.1 Å². The van der Waals surface area contributed by atoms with Crippen LogP contribution in [0.4, 0.5) is 0 Å². The van der Waals surface area contributed by atoms with Crippen molar-refractivity contribution in [3.63, 3.8) is 0 Å². The van der Waals surface area contributed by atoms with Crippen LogP contribution in [0.25, 0.3) is 0 Å². The number of rotatable bonds is 15. The molecule has 0 saturated heterocycles. The number of benzene rings is 4. The molecule has 4 aromatic rings. The first kappa shape index (κ1) is 37.4. The summed E-state index contributed by atoms with van der Waals surface area (Å²) < 4.78 is 53.7. The topological polar surface area (TPSA) is 161 Å². The van der Waals surface area contributed by atoms with E-state index in [2.05, 4.69) is 0 Å². The largest absolute Gasteiger partial charge is 0.548 e. The number of hydrogen-bond acceptors (Lipinski definition) is 13. The van der Waals surface area contributed by atoms with Gasteiger partial charge in [-0.05, 0) is 12.1 Å². The molecular formula is C37H38NO13P. The van der Waals surface area contributed by atoms with Crippen molar-refractivity contribution < 1.29 is 62.1 Å². The lowest BCUT2D eigenvalue weighted by Gasteiger charge is -2.34. The Morgan fingerprint density at radius 1 is 0.558 bits per heavy atom. The summed E-state index contributed by atoms with van der Waals surface area (Å²) in [5.41, 5.74) is -0.126. The molecular weight excluding hydrogens is 697 g/mol. The van der Waals surface area contributed by atoms with Crippen LogP contribution >= 0.6 is 7.26 Å². The average Bonchev–Trinajstić information content (AvgIpc) is 3.41. The Labute approximate surface area is 300 Å². The molecule has 52 heavy (non-hydrogen) atoms. The Morgan fingerprint density at radius 2 is 0.904 bits per heavy atom. The minimum absolute atomic E-state index is 0.0440. The third-order valence-electron chi connectivity index (χ3n) is 8.70. The maximum Gasteiger partial charge on any atom is 0.265 e. The van der Waals surface area contributed by atoms with Crippen LogP contribution in [-0.2, 0) is 4.79 Å². The number of methoxy groups -OCH3 is 9. The van der Waals surface area contributed by atoms with Crippen molar-refractivity contribution in [2.45, 2.75) is 0 Å². The second-order valence-electron chi connectivity index (χ2n) is 11.1. The molecule has 1 aliphatic rings. The molecule has 0 aliphatic carbocycles. The van der Waals surface area contributed by atoms with E-state index in [9.17, 15) is 19.5 Å². The van der Waals surface area contributed by atoms with Crippen molar-refractivity contribution in [2.75, 3.05) is 70.5 Å². The van der Waals surface area contributed by atoms with Gasteiger partial charge in [-0.15, -0.1) is 0 Å². The number of ether oxygens (including phenoxy) is 9. The number of hydrogen-bond donors (Lipinski definition) is 0. The van der Waals surface area contributed by atoms with Gasteiger partial charge in [-0.3, -0.25) is 14.5 Å². The van der Waals surface area contributed by atoms with E-state index in [0.717, 1.165) is 0 Å². The highest BCUT2D eigenvalue weighted by molar-refractivity contribution is 8.02. The molecule has 0 fully saturated rings. The first-order valence-corrected chi connectivity index (χ1v) is 17.3. The van der Waals surface area contributed by atoms with Crippen LogP contribution in [0.5, 0.6) is 51.7 Å². The van der Waals surface area contributed by atoms with E-state index in [1.54, 1.807) is 48.5 Å². The van der Waals surface area contributed by atoms with Gasteiger partial charge in [0.1, 0.15) is 22.6 Å². The average molecular weight is 736 g/mol. The normalized spacial score (nSPS) is 12.2. The maximum absolute atomic E-state index is 14.5. The van der Waals surface area contributed by atoms with E-state index in [4.69, 9.17) is 42.6 Å². The molecule has 0 aromatic heterocycles. The Bertz CT molecular complexity index is 1820. The maximum atomic E-state index is 14.5. The van der Waals surface area contributed by atoms with Gasteiger partial charge in [-0.2, -0.15) is 0 Å². The van der Waals surface area contributed by atoms with Gasteiger partial charge in [-0.1, -0.05) is 6.07 Å². The molecule has 1 aliphatic heterocycles. The molecule has 14 nitrogen and oxygen atoms in total. The van der Waals surface area contributed by atoms with Crippen molar-refractivity contribution in [1.29, 1.82) is 0 Å². The van der Waals surface area contributed by atoms with Crippen LogP contribution in [0.1, 0.15) is 20.7 Å². The van der Waals surface area contributed by atoms with Crippen LogP contribution in [0.2, 0.25) is 0 Å². The van der Waals surface area contributed by atoms with Gasteiger partial charge in [-0.25, -0.2) is 0 Å². The summed E-state index contributed by atoms with van der Waals surface area (Å²) in [6.45, 7) is -0.975. The monoisotopic (exact) mass is 735 g/mol. The summed E-state index contributed by atoms with van der Waals surface area (Å²) in [7, 11) is 9.26. The predicted octanol–water partition coefficient (Wildman–Crippen LogP) is 1.73. The molecule has 0 saturated carbocycles. The fraction of sp³-hybridized carbons (Fsp3) is 0.270. The van der Waals surface area contributed by atoms with Crippen LogP contribution in [-0.4, -0.2) is 93.2 Å². The zero-order chi connectivity index (χ0) is 37.9. The molecule has 274 valence electrons. The lowest BCUT2D eigenvalue weighted by Crippen LogP contribution is -2.45. The quantitative estimate of drug-likeness (QED) is 0.128. The molecule has 0 atom stereocenters. The highest BCUT2D eigenvalue weighted by Crippen LogP contribution is 2.66. The van der Waals surface area contributed by atoms with Crippen molar-refractivity contribution in [1.82, 2.24) is 4.90 Å². The molecule has 0 unspecified atom stereocenters. The van der Waals surface area contributed by atoms with Crippen LogP contribution in [0.3, 0.4) is 0 Å². The number of imide groups is 1. The number of carboxylic acids is 1. The van der Waals surface area contributed by atoms with Gasteiger partial charge in [0.05, 0.1) is 87.6 Å². The fourth-order valence-electron chi connectivity index (χ4n) is 6.52. The molecule has 0 radical (unpaired) electrons. The number of carbonyl (C=O) groups is 3. The molecule has 1 heterocycles. The van der Waals surface area contributed by atoms with Gasteiger partial charge in [0.25, 0.3) is 11.8 Å². The van der Waals surface area contributed by atoms with Crippen LogP contribution in [0.15, 0.2) is 54.6 Å². The highest BCUT2D eigenvalue weighted by atomic mass is 31.2. The second kappa shape index (κ2) is 15.2. The lowest BCUT2D eigenvalue weighted by atomic mass is 10.1. The van der Waals surface area contributed by atoms with Gasteiger partial charge >= 0.3 is 0 Å². The summed E-state index contributed by atoms with van der Waals surface area (Å²) in [6.07, 6.45) is 0. The second-order valence-corrected chi connectivity index (χ2v) is 14.2. The van der Waals surface area contributed by atoms with E-state index in [1.807, 2.05) is 0 Å². The highest BCUT2D eigenvalue weighted by Gasteiger charge is 2.62. The first-order chi connectivity index (χ1) is 25.0. The van der Waals surface area contributed by atoms with E-state index in [-0.39, 0.29) is 50.9 Å². The van der Waals surface area contributed by atoms with Crippen molar-refractivity contribution >= 4 is 46.3 Å². The van der Waals surface area contributed by atoms with Crippen molar-refractivity contribution in [3.8, 4) is 51.7 Å². The first-order valence-electron chi connectivity index (χ1n) is 15.5. The lowest BCUT2D eigenvalue weighted by molar-refractivity contribution is -0.305. The Balaban J connectivity index is 2.24. The van der Waals surface area contributed by atoms with Gasteiger partial charge in [0.2, 0.25) is 0 Å². The third kappa shape index (κ3) is 5.88. The van der Waals surface area contributed by atoms with Crippen molar-refractivity contribution in [2.24, 2.45) is 0 Å². The molecule has 0 N–H and O–H groups in total. The number of carbonyl (C=O) groups excluding carboxylic acids is 3. The zero-order valence-corrected chi connectivity index (χ0v) is 31.0. The number of aliphatic carboxylic acids is 1. The minimum atomic E-state index is -3.97. The summed E-state index contributed by atoms with van der Waals surface area (Å²) in [5, 5.41) is 13.2. The van der Waals surface area contributed by atoms with Gasteiger partial charge in [0.15, 0.2) is 57.7 Å². The molecule has 5 rings (SSSR count). The fourth-order valence-corrected chi connectivity index (χ4v) is 11.7. The van der Waals surface area contributed by atoms with Gasteiger partial charge in [0, 0.05) is 36.4 Å². The minimum Gasteiger partial charge on any atom is -0.548 e. The summed E-state index contributed by atoms with van der Waals surface area (Å²) in [4.78, 5) is 40.8. The number of nitrogens with zero attached hydrogens (tertiary/aromatic N) is 1. The number of amides is 2. The van der Waals surface area contributed by atoms with Crippen LogP contribution in [0, 0.1) is 0 Å². The smallest absolute Gasteiger partial charge is 0.265 e. The summed E-state index contributed by atoms with van der Waals surface area (Å²) in [5.74, 6) is -0.726. The molecule has 4 aromatic carbocycles. The SMILES string of the molecule is COc1cc(OC)c([P+](c2cccc3c2C(=O)N(CC(=O)[O-])C3=O)(c2c(OC)cc(OC)cc2OC)c2c(OC)cc(OC)cc2OC)c(OC)c1. The zero-order valence-electron chi connectivity index (χ0n) is 30.1. The van der Waals surface area contributed by atoms with Gasteiger partial charge < -0.3 is 52.5 Å². The Morgan fingerprint density at radius 3 is 1.19 bits per heavy atom.